The third kappa shape index (κ3) is 7.33. The van der Waals surface area contributed by atoms with Gasteiger partial charge in [-0.05, 0) is 27.7 Å². The maximum absolute atomic E-state index is 11.8. The zero-order valence-corrected chi connectivity index (χ0v) is 9.72. The van der Waals surface area contributed by atoms with E-state index in [-0.39, 0.29) is 6.54 Å². The Kier molecular flexibility index (Phi) is 5.05. The van der Waals surface area contributed by atoms with Crippen LogP contribution < -0.4 is 0 Å². The molecule has 1 amide bonds. The lowest BCUT2D eigenvalue weighted by Crippen LogP contribution is -2.38. The summed E-state index contributed by atoms with van der Waals surface area (Å²) in [5.74, 6) is 0. The van der Waals surface area contributed by atoms with Crippen LogP contribution in [0.4, 0.5) is 18.0 Å². The van der Waals surface area contributed by atoms with Crippen molar-refractivity contribution < 1.29 is 27.5 Å². The number of hydrogen-bond acceptors (Lipinski definition) is 3. The zero-order valence-electron chi connectivity index (χ0n) is 9.72. The van der Waals surface area contributed by atoms with Gasteiger partial charge >= 0.3 is 12.3 Å². The van der Waals surface area contributed by atoms with Crippen molar-refractivity contribution in [1.82, 2.24) is 5.06 Å². The van der Waals surface area contributed by atoms with Crippen molar-refractivity contribution in [3.8, 4) is 0 Å². The average molecular weight is 243 g/mol. The first-order valence-electron chi connectivity index (χ1n) is 4.75. The van der Waals surface area contributed by atoms with Gasteiger partial charge in [0.15, 0.2) is 6.61 Å². The third-order valence-electron chi connectivity index (χ3n) is 1.27. The molecule has 16 heavy (non-hydrogen) atoms. The summed E-state index contributed by atoms with van der Waals surface area (Å²) in [6.07, 6.45) is -5.41. The molecule has 0 unspecified atom stereocenters. The van der Waals surface area contributed by atoms with Crippen LogP contribution in [0.1, 0.15) is 27.7 Å². The Balaban J connectivity index is 4.23. The molecule has 0 aliphatic heterocycles. The van der Waals surface area contributed by atoms with Crippen molar-refractivity contribution >= 4 is 6.09 Å². The normalized spacial score (nSPS) is 12.4. The molecule has 0 saturated carbocycles. The fourth-order valence-corrected chi connectivity index (χ4v) is 0.737. The van der Waals surface area contributed by atoms with Gasteiger partial charge in [-0.1, -0.05) is 0 Å². The molecule has 0 saturated heterocycles. The van der Waals surface area contributed by atoms with Gasteiger partial charge < -0.3 is 4.74 Å². The number of rotatable bonds is 3. The Morgan fingerprint density at radius 3 is 2.06 bits per heavy atom. The quantitative estimate of drug-likeness (QED) is 0.715. The number of hydrogen-bond donors (Lipinski definition) is 0. The van der Waals surface area contributed by atoms with Crippen LogP contribution in [0.3, 0.4) is 0 Å². The van der Waals surface area contributed by atoms with Crippen molar-refractivity contribution in [3.05, 3.63) is 0 Å². The molecule has 0 aliphatic carbocycles. The molecule has 0 fully saturated rings. The molecular formula is C9H16F3NO3. The molecule has 0 aliphatic rings. The third-order valence-corrected chi connectivity index (χ3v) is 1.27. The highest BCUT2D eigenvalue weighted by Crippen LogP contribution is 2.16. The standard InChI is InChI=1S/C9H16F3NO3/c1-5-13(15-6-9(10,11)12)7(14)16-8(2,3)4/h5-6H2,1-4H3. The predicted molar refractivity (Wildman–Crippen MR) is 50.6 cm³/mol. The molecule has 0 radical (unpaired) electrons. The van der Waals surface area contributed by atoms with Gasteiger partial charge in [0.1, 0.15) is 5.60 Å². The minimum Gasteiger partial charge on any atom is -0.442 e. The van der Waals surface area contributed by atoms with Crippen LogP contribution in [0.15, 0.2) is 0 Å². The molecule has 0 bridgehead atoms. The maximum Gasteiger partial charge on any atom is 0.434 e. The van der Waals surface area contributed by atoms with Crippen molar-refractivity contribution in [2.45, 2.75) is 39.5 Å². The van der Waals surface area contributed by atoms with E-state index in [0.717, 1.165) is 0 Å². The average Bonchev–Trinajstić information content (AvgIpc) is 1.99. The number of alkyl halides is 3. The van der Waals surface area contributed by atoms with Crippen LogP contribution in [-0.2, 0) is 9.57 Å². The van der Waals surface area contributed by atoms with Crippen LogP contribution in [0.25, 0.3) is 0 Å². The van der Waals surface area contributed by atoms with Gasteiger partial charge in [-0.15, -0.1) is 0 Å². The predicted octanol–water partition coefficient (Wildman–Crippen LogP) is 2.74. The van der Waals surface area contributed by atoms with E-state index in [0.29, 0.717) is 5.06 Å². The van der Waals surface area contributed by atoms with Gasteiger partial charge in [0, 0.05) is 6.54 Å². The van der Waals surface area contributed by atoms with Crippen molar-refractivity contribution in [1.29, 1.82) is 0 Å². The molecule has 0 aromatic heterocycles. The van der Waals surface area contributed by atoms with E-state index in [1.807, 2.05) is 0 Å². The summed E-state index contributed by atoms with van der Waals surface area (Å²) in [5.41, 5.74) is -0.772. The molecule has 0 atom stereocenters. The van der Waals surface area contributed by atoms with Crippen molar-refractivity contribution in [2.75, 3.05) is 13.2 Å². The summed E-state index contributed by atoms with van der Waals surface area (Å²) < 4.78 is 40.4. The van der Waals surface area contributed by atoms with Gasteiger partial charge in [0.25, 0.3) is 0 Å². The molecule has 0 aromatic rings. The van der Waals surface area contributed by atoms with E-state index in [2.05, 4.69) is 4.84 Å². The number of carbonyl (C=O) groups excluding carboxylic acids is 1. The first-order valence-corrected chi connectivity index (χ1v) is 4.75. The van der Waals surface area contributed by atoms with Crippen LogP contribution >= 0.6 is 0 Å². The molecule has 0 aromatic carbocycles. The van der Waals surface area contributed by atoms with Crippen molar-refractivity contribution in [2.24, 2.45) is 0 Å². The lowest BCUT2D eigenvalue weighted by Gasteiger charge is -2.25. The smallest absolute Gasteiger partial charge is 0.434 e. The van der Waals surface area contributed by atoms with E-state index in [1.54, 1.807) is 20.8 Å². The lowest BCUT2D eigenvalue weighted by atomic mass is 10.2. The first-order chi connectivity index (χ1) is 7.05. The molecule has 7 heteroatoms. The number of ether oxygens (including phenoxy) is 1. The van der Waals surface area contributed by atoms with E-state index in [9.17, 15) is 18.0 Å². The number of hydroxylamine groups is 2. The first kappa shape index (κ1) is 15.0. The molecule has 0 rings (SSSR count). The number of carbonyl (C=O) groups is 1. The summed E-state index contributed by atoms with van der Waals surface area (Å²) in [5, 5.41) is 0.540. The molecule has 0 N–H and O–H groups in total. The minimum atomic E-state index is -4.48. The van der Waals surface area contributed by atoms with Crippen LogP contribution in [0.5, 0.6) is 0 Å². The van der Waals surface area contributed by atoms with Gasteiger partial charge in [0.05, 0.1) is 0 Å². The highest BCUT2D eigenvalue weighted by molar-refractivity contribution is 5.66. The van der Waals surface area contributed by atoms with E-state index >= 15 is 0 Å². The largest absolute Gasteiger partial charge is 0.442 e. The van der Waals surface area contributed by atoms with E-state index in [1.165, 1.54) is 6.92 Å². The van der Waals surface area contributed by atoms with Crippen molar-refractivity contribution in [3.63, 3.8) is 0 Å². The minimum absolute atomic E-state index is 0.0228. The molecular weight excluding hydrogens is 227 g/mol. The molecule has 96 valence electrons. The molecule has 0 heterocycles. The number of halogens is 3. The number of amides is 1. The molecule has 0 spiro atoms. The topological polar surface area (TPSA) is 38.8 Å². The Hall–Kier alpha value is -0.980. The van der Waals surface area contributed by atoms with Gasteiger partial charge in [-0.25, -0.2) is 4.79 Å². The van der Waals surface area contributed by atoms with Crippen LogP contribution in [0, 0.1) is 0 Å². The SMILES string of the molecule is CCN(OCC(F)(F)F)C(=O)OC(C)(C)C. The monoisotopic (exact) mass is 243 g/mol. The highest BCUT2D eigenvalue weighted by atomic mass is 19.4. The van der Waals surface area contributed by atoms with Gasteiger partial charge in [-0.3, -0.25) is 4.84 Å². The van der Waals surface area contributed by atoms with E-state index < -0.39 is 24.5 Å². The van der Waals surface area contributed by atoms with E-state index in [4.69, 9.17) is 4.74 Å². The van der Waals surface area contributed by atoms with Crippen LogP contribution in [-0.4, -0.2) is 36.1 Å². The highest BCUT2D eigenvalue weighted by Gasteiger charge is 2.31. The maximum atomic E-state index is 11.8. The summed E-state index contributed by atoms with van der Waals surface area (Å²) in [4.78, 5) is 15.6. The Morgan fingerprint density at radius 1 is 1.25 bits per heavy atom. The second kappa shape index (κ2) is 5.38. The Labute approximate surface area is 92.3 Å². The van der Waals surface area contributed by atoms with Gasteiger partial charge in [-0.2, -0.15) is 18.2 Å². The molecule has 4 nitrogen and oxygen atoms in total. The summed E-state index contributed by atoms with van der Waals surface area (Å²) in [7, 11) is 0. The fraction of sp³-hybridized carbons (Fsp3) is 0.889. The Morgan fingerprint density at radius 2 is 1.75 bits per heavy atom. The van der Waals surface area contributed by atoms with Gasteiger partial charge in [0.2, 0.25) is 0 Å². The zero-order chi connectivity index (χ0) is 13.0. The lowest BCUT2D eigenvalue weighted by molar-refractivity contribution is -0.239. The fourth-order valence-electron chi connectivity index (χ4n) is 0.737. The second-order valence-electron chi connectivity index (χ2n) is 4.06. The second-order valence-corrected chi connectivity index (χ2v) is 4.06. The number of nitrogens with zero attached hydrogens (tertiary/aromatic N) is 1. The summed E-state index contributed by atoms with van der Waals surface area (Å²) in [6.45, 7) is 4.79. The Bertz CT molecular complexity index is 235. The summed E-state index contributed by atoms with van der Waals surface area (Å²) in [6, 6.07) is 0. The van der Waals surface area contributed by atoms with Crippen LogP contribution in [0.2, 0.25) is 0 Å². The summed E-state index contributed by atoms with van der Waals surface area (Å²) >= 11 is 0.